The number of hydrogen-bond acceptors (Lipinski definition) is 3. The van der Waals surface area contributed by atoms with Crippen molar-refractivity contribution in [2.24, 2.45) is 0 Å². The highest BCUT2D eigenvalue weighted by atomic mass is 16.5. The number of aryl methyl sites for hydroxylation is 1. The lowest BCUT2D eigenvalue weighted by molar-refractivity contribution is -0.125. The van der Waals surface area contributed by atoms with Crippen LogP contribution in [0.5, 0.6) is 0 Å². The van der Waals surface area contributed by atoms with Crippen molar-refractivity contribution in [3.63, 3.8) is 0 Å². The molecule has 0 radical (unpaired) electrons. The number of allylic oxidation sites excluding steroid dienone is 2. The average molecular weight is 307 g/mol. The van der Waals surface area contributed by atoms with E-state index < -0.39 is 0 Å². The van der Waals surface area contributed by atoms with E-state index in [4.69, 9.17) is 4.74 Å². The molecule has 2 heterocycles. The molecule has 1 amide bonds. The third-order valence-electron chi connectivity index (χ3n) is 4.06. The lowest BCUT2D eigenvalue weighted by atomic mass is 9.94. The first kappa shape index (κ1) is 13.8. The van der Waals surface area contributed by atoms with Gasteiger partial charge in [-0.1, -0.05) is 18.2 Å². The molecule has 4 rings (SSSR count). The van der Waals surface area contributed by atoms with Crippen molar-refractivity contribution in [3.05, 3.63) is 71.4 Å². The van der Waals surface area contributed by atoms with Gasteiger partial charge in [-0.15, -0.1) is 0 Å². The summed E-state index contributed by atoms with van der Waals surface area (Å²) in [6, 6.07) is 12.2. The van der Waals surface area contributed by atoms with E-state index in [1.54, 1.807) is 0 Å². The molecule has 1 aromatic carbocycles. The summed E-state index contributed by atoms with van der Waals surface area (Å²) in [5, 5.41) is 7.51. The molecule has 1 unspecified atom stereocenters. The zero-order chi connectivity index (χ0) is 15.8. The van der Waals surface area contributed by atoms with Gasteiger partial charge in [-0.2, -0.15) is 5.10 Å². The van der Waals surface area contributed by atoms with Crippen molar-refractivity contribution in [2.45, 2.75) is 19.3 Å². The Bertz CT molecular complexity index is 818. The van der Waals surface area contributed by atoms with Crippen molar-refractivity contribution in [3.8, 4) is 5.69 Å². The summed E-state index contributed by atoms with van der Waals surface area (Å²) in [4.78, 5) is 11.5. The molecule has 1 atom stereocenters. The van der Waals surface area contributed by atoms with Crippen molar-refractivity contribution >= 4 is 5.91 Å². The monoisotopic (exact) mass is 307 g/mol. The fraction of sp³-hybridized carbons (Fsp3) is 0.222. The molecular formula is C18H17N3O2. The van der Waals surface area contributed by atoms with Crippen LogP contribution < -0.4 is 5.32 Å². The fourth-order valence-corrected chi connectivity index (χ4v) is 3.03. The minimum atomic E-state index is -0.109. The summed E-state index contributed by atoms with van der Waals surface area (Å²) in [7, 11) is 0. The van der Waals surface area contributed by atoms with Gasteiger partial charge in [-0.05, 0) is 43.7 Å². The van der Waals surface area contributed by atoms with E-state index >= 15 is 0 Å². The van der Waals surface area contributed by atoms with Crippen LogP contribution in [0.15, 0.2) is 60.0 Å². The van der Waals surface area contributed by atoms with Gasteiger partial charge in [0, 0.05) is 5.92 Å². The predicted molar refractivity (Wildman–Crippen MR) is 85.9 cm³/mol. The summed E-state index contributed by atoms with van der Waals surface area (Å²) in [6.07, 6.45) is 4.92. The van der Waals surface area contributed by atoms with Gasteiger partial charge in [-0.25, -0.2) is 4.68 Å². The number of para-hydroxylation sites is 1. The predicted octanol–water partition coefficient (Wildman–Crippen LogP) is 2.58. The van der Waals surface area contributed by atoms with Crippen LogP contribution in [-0.2, 0) is 9.53 Å². The first-order valence-corrected chi connectivity index (χ1v) is 7.68. The van der Waals surface area contributed by atoms with Gasteiger partial charge in [0.05, 0.1) is 22.8 Å². The summed E-state index contributed by atoms with van der Waals surface area (Å²) >= 11 is 0. The molecule has 1 aliphatic heterocycles. The highest BCUT2D eigenvalue weighted by Gasteiger charge is 2.26. The first-order chi connectivity index (χ1) is 11.2. The maximum Gasteiger partial charge on any atom is 0.262 e. The minimum Gasteiger partial charge on any atom is -0.482 e. The second-order valence-electron chi connectivity index (χ2n) is 5.79. The molecule has 2 aromatic rings. The molecule has 23 heavy (non-hydrogen) atoms. The van der Waals surface area contributed by atoms with Gasteiger partial charge in [0.25, 0.3) is 5.91 Å². The highest BCUT2D eigenvalue weighted by molar-refractivity contribution is 5.81. The van der Waals surface area contributed by atoms with Crippen LogP contribution in [0.4, 0.5) is 0 Å². The number of hydrogen-bond donors (Lipinski definition) is 1. The molecule has 0 saturated carbocycles. The Balaban J connectivity index is 1.72. The van der Waals surface area contributed by atoms with Crippen LogP contribution >= 0.6 is 0 Å². The second kappa shape index (κ2) is 5.43. The fourth-order valence-electron chi connectivity index (χ4n) is 3.03. The Hall–Kier alpha value is -2.82. The van der Waals surface area contributed by atoms with Gasteiger partial charge < -0.3 is 10.1 Å². The molecule has 5 nitrogen and oxygen atoms in total. The van der Waals surface area contributed by atoms with Crippen LogP contribution in [0.3, 0.4) is 0 Å². The molecule has 1 saturated heterocycles. The number of aromatic nitrogens is 2. The van der Waals surface area contributed by atoms with Crippen LogP contribution in [0, 0.1) is 6.92 Å². The zero-order valence-electron chi connectivity index (χ0n) is 12.8. The molecule has 5 heteroatoms. The number of carbonyl (C=O) groups excluding carboxylic acids is 1. The molecule has 116 valence electrons. The third kappa shape index (κ3) is 2.54. The lowest BCUT2D eigenvalue weighted by Gasteiger charge is -2.26. The SMILES string of the molecule is Cc1cc(C2C=C3NC(=O)COC3=CC2)n(-c2ccccc2)n1. The van der Waals surface area contributed by atoms with E-state index in [2.05, 4.69) is 22.6 Å². The minimum absolute atomic E-state index is 0.0922. The average Bonchev–Trinajstić information content (AvgIpc) is 2.97. The largest absolute Gasteiger partial charge is 0.482 e. The number of amides is 1. The molecule has 0 spiro atoms. The van der Waals surface area contributed by atoms with Crippen LogP contribution in [0.25, 0.3) is 5.69 Å². The number of ether oxygens (including phenoxy) is 1. The number of rotatable bonds is 2. The number of benzene rings is 1. The topological polar surface area (TPSA) is 56.1 Å². The van der Waals surface area contributed by atoms with Gasteiger partial charge in [0.2, 0.25) is 0 Å². The van der Waals surface area contributed by atoms with Crippen molar-refractivity contribution in [2.75, 3.05) is 6.61 Å². The number of fused-ring (bicyclic) bond motifs is 1. The van der Waals surface area contributed by atoms with Crippen LogP contribution in [0.1, 0.15) is 23.7 Å². The van der Waals surface area contributed by atoms with E-state index in [9.17, 15) is 4.79 Å². The number of nitrogens with zero attached hydrogens (tertiary/aromatic N) is 2. The number of carbonyl (C=O) groups is 1. The summed E-state index contributed by atoms with van der Waals surface area (Å²) in [5.41, 5.74) is 3.88. The Morgan fingerprint density at radius 2 is 2.13 bits per heavy atom. The van der Waals surface area contributed by atoms with Crippen LogP contribution in [-0.4, -0.2) is 22.3 Å². The molecule has 1 fully saturated rings. The molecular weight excluding hydrogens is 290 g/mol. The van der Waals surface area contributed by atoms with Crippen molar-refractivity contribution in [1.82, 2.24) is 15.1 Å². The number of morpholine rings is 1. The maximum atomic E-state index is 11.5. The Labute approximate surface area is 134 Å². The molecule has 1 N–H and O–H groups in total. The Morgan fingerprint density at radius 3 is 2.96 bits per heavy atom. The second-order valence-corrected chi connectivity index (χ2v) is 5.79. The molecule has 2 aliphatic rings. The maximum absolute atomic E-state index is 11.5. The van der Waals surface area contributed by atoms with Gasteiger partial charge >= 0.3 is 0 Å². The smallest absolute Gasteiger partial charge is 0.262 e. The Morgan fingerprint density at radius 1 is 1.30 bits per heavy atom. The number of nitrogens with one attached hydrogen (secondary N) is 1. The quantitative estimate of drug-likeness (QED) is 0.928. The normalized spacial score (nSPS) is 20.0. The van der Waals surface area contributed by atoms with Gasteiger partial charge in [0.1, 0.15) is 5.76 Å². The van der Waals surface area contributed by atoms with E-state index in [1.165, 1.54) is 0 Å². The van der Waals surface area contributed by atoms with E-state index in [1.807, 2.05) is 48.0 Å². The van der Waals surface area contributed by atoms with Gasteiger partial charge in [-0.3, -0.25) is 4.79 Å². The van der Waals surface area contributed by atoms with E-state index in [0.29, 0.717) is 0 Å². The Kier molecular flexibility index (Phi) is 3.26. The van der Waals surface area contributed by atoms with Gasteiger partial charge in [0.15, 0.2) is 6.61 Å². The van der Waals surface area contributed by atoms with Crippen LogP contribution in [0.2, 0.25) is 0 Å². The lowest BCUT2D eigenvalue weighted by Crippen LogP contribution is -2.35. The molecule has 1 aromatic heterocycles. The first-order valence-electron chi connectivity index (χ1n) is 7.68. The summed E-state index contributed by atoms with van der Waals surface area (Å²) < 4.78 is 7.43. The summed E-state index contributed by atoms with van der Waals surface area (Å²) in [5.74, 6) is 0.808. The molecule has 0 bridgehead atoms. The zero-order valence-corrected chi connectivity index (χ0v) is 12.8. The van der Waals surface area contributed by atoms with Crippen molar-refractivity contribution in [1.29, 1.82) is 0 Å². The molecule has 1 aliphatic carbocycles. The highest BCUT2D eigenvalue weighted by Crippen LogP contribution is 2.32. The van der Waals surface area contributed by atoms with E-state index in [0.717, 1.165) is 35.0 Å². The third-order valence-corrected chi connectivity index (χ3v) is 4.06. The standard InChI is InChI=1S/C18H17N3O2/c1-12-9-16(21(20-12)14-5-3-2-4-6-14)13-7-8-17-15(10-13)19-18(22)11-23-17/h2-6,8-10,13H,7,11H2,1H3,(H,19,22). The summed E-state index contributed by atoms with van der Waals surface area (Å²) in [6.45, 7) is 2.08. The van der Waals surface area contributed by atoms with Crippen molar-refractivity contribution < 1.29 is 9.53 Å². The van der Waals surface area contributed by atoms with E-state index in [-0.39, 0.29) is 18.4 Å².